The molecule has 0 saturated heterocycles. The third kappa shape index (κ3) is 1.32. The Kier molecular flexibility index (Phi) is 2.05. The topological polar surface area (TPSA) is 20.3 Å². The molecule has 0 N–H and O–H groups in total. The number of carbonyl (C=O) groups excluding carboxylic acids is 1. The van der Waals surface area contributed by atoms with Crippen LogP contribution in [0.5, 0.6) is 0 Å². The highest BCUT2D eigenvalue weighted by atomic mass is 16.1. The largest absolute Gasteiger partial charge is 0.338 e. The lowest BCUT2D eigenvalue weighted by Gasteiger charge is -2.32. The molecule has 0 bridgehead atoms. The minimum absolute atomic E-state index is 0.238. The van der Waals surface area contributed by atoms with Crippen LogP contribution in [0.4, 0.5) is 0 Å². The lowest BCUT2D eigenvalue weighted by Crippen LogP contribution is -2.32. The van der Waals surface area contributed by atoms with Gasteiger partial charge in [-0.05, 0) is 24.5 Å². The smallest absolute Gasteiger partial charge is 0.210 e. The minimum atomic E-state index is 0.238. The van der Waals surface area contributed by atoms with Crippen molar-refractivity contribution in [2.24, 2.45) is 0 Å². The van der Waals surface area contributed by atoms with Crippen LogP contribution in [-0.4, -0.2) is 17.9 Å². The van der Waals surface area contributed by atoms with Gasteiger partial charge in [-0.1, -0.05) is 24.3 Å². The van der Waals surface area contributed by atoms with Crippen LogP contribution < -0.4 is 0 Å². The number of amides is 1. The molecular formula is C11H13NO. The predicted octanol–water partition coefficient (Wildman–Crippen LogP) is 1.76. The van der Waals surface area contributed by atoms with Crippen molar-refractivity contribution in [3.8, 4) is 0 Å². The van der Waals surface area contributed by atoms with Crippen LogP contribution in [0, 0.1) is 0 Å². The summed E-state index contributed by atoms with van der Waals surface area (Å²) in [6.45, 7) is 2.92. The van der Waals surface area contributed by atoms with Crippen molar-refractivity contribution >= 4 is 6.41 Å². The minimum Gasteiger partial charge on any atom is -0.338 e. The van der Waals surface area contributed by atoms with Crippen LogP contribution >= 0.6 is 0 Å². The summed E-state index contributed by atoms with van der Waals surface area (Å²) >= 11 is 0. The summed E-state index contributed by atoms with van der Waals surface area (Å²) in [5.74, 6) is 0. The molecule has 1 amide bonds. The second-order valence-electron chi connectivity index (χ2n) is 3.47. The third-order valence-electron chi connectivity index (χ3n) is 2.78. The molecule has 2 rings (SSSR count). The van der Waals surface area contributed by atoms with E-state index in [9.17, 15) is 4.79 Å². The Labute approximate surface area is 78.2 Å². The SMILES string of the molecule is C[C@@H]1c2ccccc2CCN1C=O. The fraction of sp³-hybridized carbons (Fsp3) is 0.364. The van der Waals surface area contributed by atoms with Crippen LogP contribution in [-0.2, 0) is 11.2 Å². The van der Waals surface area contributed by atoms with Gasteiger partial charge in [0.15, 0.2) is 0 Å². The summed E-state index contributed by atoms with van der Waals surface area (Å²) in [4.78, 5) is 12.6. The van der Waals surface area contributed by atoms with Crippen LogP contribution in [0.25, 0.3) is 0 Å². The average molecular weight is 175 g/mol. The van der Waals surface area contributed by atoms with Crippen LogP contribution in [0.1, 0.15) is 24.1 Å². The average Bonchev–Trinajstić information content (AvgIpc) is 2.19. The molecular weight excluding hydrogens is 162 g/mol. The fourth-order valence-corrected chi connectivity index (χ4v) is 1.94. The zero-order valence-corrected chi connectivity index (χ0v) is 7.73. The van der Waals surface area contributed by atoms with E-state index in [0.29, 0.717) is 0 Å². The van der Waals surface area contributed by atoms with Crippen LogP contribution in [0.15, 0.2) is 24.3 Å². The summed E-state index contributed by atoms with van der Waals surface area (Å²) < 4.78 is 0. The molecule has 0 saturated carbocycles. The Balaban J connectivity index is 2.38. The van der Waals surface area contributed by atoms with Crippen LogP contribution in [0.2, 0.25) is 0 Å². The predicted molar refractivity (Wildman–Crippen MR) is 51.3 cm³/mol. The van der Waals surface area contributed by atoms with Gasteiger partial charge < -0.3 is 4.90 Å². The molecule has 2 heteroatoms. The maximum Gasteiger partial charge on any atom is 0.210 e. The van der Waals surface area contributed by atoms with Gasteiger partial charge in [-0.15, -0.1) is 0 Å². The maximum atomic E-state index is 10.7. The van der Waals surface area contributed by atoms with E-state index < -0.39 is 0 Å². The fourth-order valence-electron chi connectivity index (χ4n) is 1.94. The lowest BCUT2D eigenvalue weighted by molar-refractivity contribution is -0.120. The van der Waals surface area contributed by atoms with Gasteiger partial charge >= 0.3 is 0 Å². The molecule has 1 aromatic carbocycles. The lowest BCUT2D eigenvalue weighted by atomic mass is 9.94. The second-order valence-corrected chi connectivity index (χ2v) is 3.47. The molecule has 0 fully saturated rings. The van der Waals surface area contributed by atoms with Crippen molar-refractivity contribution in [2.45, 2.75) is 19.4 Å². The summed E-state index contributed by atoms with van der Waals surface area (Å²) in [5.41, 5.74) is 2.67. The van der Waals surface area contributed by atoms with E-state index in [1.54, 1.807) is 0 Å². The first-order valence-corrected chi connectivity index (χ1v) is 4.62. The number of carbonyl (C=O) groups is 1. The van der Waals surface area contributed by atoms with Gasteiger partial charge in [0.25, 0.3) is 0 Å². The molecule has 0 aliphatic carbocycles. The molecule has 1 aliphatic heterocycles. The molecule has 1 heterocycles. The summed E-state index contributed by atoms with van der Waals surface area (Å²) in [6.07, 6.45) is 1.93. The molecule has 13 heavy (non-hydrogen) atoms. The van der Waals surface area contributed by atoms with E-state index in [1.165, 1.54) is 11.1 Å². The van der Waals surface area contributed by atoms with E-state index in [2.05, 4.69) is 25.1 Å². The summed E-state index contributed by atoms with van der Waals surface area (Å²) in [5, 5.41) is 0. The number of nitrogens with zero attached hydrogens (tertiary/aromatic N) is 1. The number of hydrogen-bond donors (Lipinski definition) is 0. The van der Waals surface area contributed by atoms with Crippen molar-refractivity contribution in [1.29, 1.82) is 0 Å². The highest BCUT2D eigenvalue weighted by molar-refractivity contribution is 5.50. The highest BCUT2D eigenvalue weighted by Crippen LogP contribution is 2.27. The van der Waals surface area contributed by atoms with Gasteiger partial charge in [0, 0.05) is 6.54 Å². The molecule has 1 aromatic rings. The van der Waals surface area contributed by atoms with Crippen LogP contribution in [0.3, 0.4) is 0 Å². The van der Waals surface area contributed by atoms with Gasteiger partial charge in [-0.25, -0.2) is 0 Å². The third-order valence-corrected chi connectivity index (χ3v) is 2.78. The maximum absolute atomic E-state index is 10.7. The first kappa shape index (κ1) is 8.30. The first-order valence-electron chi connectivity index (χ1n) is 4.62. The highest BCUT2D eigenvalue weighted by Gasteiger charge is 2.21. The van der Waals surface area contributed by atoms with Gasteiger partial charge in [0.2, 0.25) is 6.41 Å². The quantitative estimate of drug-likeness (QED) is 0.595. The van der Waals surface area contributed by atoms with Crippen molar-refractivity contribution in [1.82, 2.24) is 4.90 Å². The van der Waals surface area contributed by atoms with Gasteiger partial charge in [0.1, 0.15) is 0 Å². The van der Waals surface area contributed by atoms with E-state index in [-0.39, 0.29) is 6.04 Å². The zero-order valence-electron chi connectivity index (χ0n) is 7.73. The van der Waals surface area contributed by atoms with Crippen molar-refractivity contribution < 1.29 is 4.79 Å². The standard InChI is InChI=1S/C11H13NO/c1-9-11-5-3-2-4-10(11)6-7-12(9)8-13/h2-5,8-9H,6-7H2,1H3/t9-/m1/s1. The zero-order chi connectivity index (χ0) is 9.26. The van der Waals surface area contributed by atoms with Crippen molar-refractivity contribution in [2.75, 3.05) is 6.54 Å². The number of benzene rings is 1. The van der Waals surface area contributed by atoms with E-state index in [0.717, 1.165) is 19.4 Å². The summed E-state index contributed by atoms with van der Waals surface area (Å²) in [7, 11) is 0. The molecule has 2 nitrogen and oxygen atoms in total. The van der Waals surface area contributed by atoms with Crippen molar-refractivity contribution in [3.63, 3.8) is 0 Å². The van der Waals surface area contributed by atoms with Gasteiger partial charge in [-0.2, -0.15) is 0 Å². The van der Waals surface area contributed by atoms with E-state index in [1.807, 2.05) is 11.0 Å². The number of hydrogen-bond acceptors (Lipinski definition) is 1. The second kappa shape index (κ2) is 3.21. The van der Waals surface area contributed by atoms with Gasteiger partial charge in [-0.3, -0.25) is 4.79 Å². The number of fused-ring (bicyclic) bond motifs is 1. The molecule has 0 spiro atoms. The normalized spacial score (nSPS) is 21.0. The van der Waals surface area contributed by atoms with Crippen molar-refractivity contribution in [3.05, 3.63) is 35.4 Å². The van der Waals surface area contributed by atoms with Gasteiger partial charge in [0.05, 0.1) is 6.04 Å². The molecule has 68 valence electrons. The monoisotopic (exact) mass is 175 g/mol. The molecule has 0 unspecified atom stereocenters. The molecule has 1 atom stereocenters. The Morgan fingerprint density at radius 3 is 3.00 bits per heavy atom. The molecule has 1 aliphatic rings. The molecule has 0 radical (unpaired) electrons. The number of rotatable bonds is 1. The molecule has 0 aromatic heterocycles. The Hall–Kier alpha value is -1.31. The first-order chi connectivity index (χ1) is 6.33. The Bertz CT molecular complexity index is 322. The Morgan fingerprint density at radius 1 is 1.46 bits per heavy atom. The summed E-state index contributed by atoms with van der Waals surface area (Å²) in [6, 6.07) is 8.58. The Morgan fingerprint density at radius 2 is 2.23 bits per heavy atom. The van der Waals surface area contributed by atoms with E-state index in [4.69, 9.17) is 0 Å². The van der Waals surface area contributed by atoms with E-state index >= 15 is 0 Å².